The Morgan fingerprint density at radius 3 is 2.38 bits per heavy atom. The van der Waals surface area contributed by atoms with E-state index in [1.54, 1.807) is 26.2 Å². The van der Waals surface area contributed by atoms with Crippen LogP contribution >= 0.6 is 0 Å². The molecule has 1 aliphatic carbocycles. The highest BCUT2D eigenvalue weighted by atomic mass is 32.2. The Balaban J connectivity index is 2.22. The normalized spacial score (nSPS) is 18.1. The molecule has 21 heavy (non-hydrogen) atoms. The first-order valence-corrected chi connectivity index (χ1v) is 9.11. The van der Waals surface area contributed by atoms with Gasteiger partial charge in [-0.05, 0) is 36.8 Å². The van der Waals surface area contributed by atoms with Crippen LogP contribution in [0, 0.1) is 5.41 Å². The number of nitrogens with one attached hydrogen (secondary N) is 1. The smallest absolute Gasteiger partial charge is 0.244 e. The highest BCUT2D eigenvalue weighted by Crippen LogP contribution is 2.41. The van der Waals surface area contributed by atoms with Crippen LogP contribution in [0.15, 0.2) is 29.2 Å². The maximum Gasteiger partial charge on any atom is 0.244 e. The van der Waals surface area contributed by atoms with Crippen LogP contribution < -0.4 is 5.32 Å². The largest absolute Gasteiger partial charge is 0.383 e. The first-order chi connectivity index (χ1) is 9.91. The van der Waals surface area contributed by atoms with E-state index in [0.29, 0.717) is 16.0 Å². The van der Waals surface area contributed by atoms with E-state index >= 15 is 0 Å². The fourth-order valence-corrected chi connectivity index (χ4v) is 4.16. The fraction of sp³-hybridized carbons (Fsp3) is 0.625. The molecule has 5 heteroatoms. The van der Waals surface area contributed by atoms with Gasteiger partial charge in [0.25, 0.3) is 0 Å². The van der Waals surface area contributed by atoms with Crippen LogP contribution in [-0.2, 0) is 10.0 Å². The number of para-hydroxylation sites is 1. The van der Waals surface area contributed by atoms with E-state index in [4.69, 9.17) is 0 Å². The summed E-state index contributed by atoms with van der Waals surface area (Å²) >= 11 is 0. The van der Waals surface area contributed by atoms with Gasteiger partial charge in [-0.15, -0.1) is 0 Å². The molecular weight excluding hydrogens is 284 g/mol. The minimum Gasteiger partial charge on any atom is -0.383 e. The number of hydrogen-bond acceptors (Lipinski definition) is 3. The number of sulfonamides is 1. The Morgan fingerprint density at radius 1 is 1.19 bits per heavy atom. The summed E-state index contributed by atoms with van der Waals surface area (Å²) in [6.45, 7) is 3.08. The van der Waals surface area contributed by atoms with Gasteiger partial charge in [-0.2, -0.15) is 0 Å². The van der Waals surface area contributed by atoms with Crippen molar-refractivity contribution in [1.29, 1.82) is 0 Å². The summed E-state index contributed by atoms with van der Waals surface area (Å²) in [6, 6.07) is 7.18. The molecule has 0 aliphatic heterocycles. The standard InChI is InChI=1S/C16H26N2O2S/c1-4-16(11-7-8-12-16)13-17-14-9-5-6-10-15(14)21(19,20)18(2)3/h5-6,9-10,17H,4,7-8,11-13H2,1-3H3. The lowest BCUT2D eigenvalue weighted by molar-refractivity contribution is 0.306. The van der Waals surface area contributed by atoms with Crippen molar-refractivity contribution in [2.75, 3.05) is 26.0 Å². The van der Waals surface area contributed by atoms with Crippen molar-refractivity contribution in [3.8, 4) is 0 Å². The summed E-state index contributed by atoms with van der Waals surface area (Å²) in [5.74, 6) is 0. The first kappa shape index (κ1) is 16.3. The monoisotopic (exact) mass is 310 g/mol. The Hall–Kier alpha value is -1.07. The average molecular weight is 310 g/mol. The molecule has 1 aromatic rings. The van der Waals surface area contributed by atoms with Crippen LogP contribution in [0.4, 0.5) is 5.69 Å². The van der Waals surface area contributed by atoms with E-state index in [-0.39, 0.29) is 0 Å². The number of nitrogens with zero attached hydrogens (tertiary/aromatic N) is 1. The summed E-state index contributed by atoms with van der Waals surface area (Å²) in [6.07, 6.45) is 6.18. The van der Waals surface area contributed by atoms with Crippen molar-refractivity contribution in [2.24, 2.45) is 5.41 Å². The lowest BCUT2D eigenvalue weighted by Crippen LogP contribution is -2.28. The van der Waals surface area contributed by atoms with Gasteiger partial charge in [0.05, 0.1) is 5.69 Å². The van der Waals surface area contributed by atoms with Gasteiger partial charge in [-0.25, -0.2) is 12.7 Å². The highest BCUT2D eigenvalue weighted by Gasteiger charge is 2.32. The topological polar surface area (TPSA) is 49.4 Å². The zero-order valence-corrected chi connectivity index (χ0v) is 14.0. The van der Waals surface area contributed by atoms with Gasteiger partial charge in [0.2, 0.25) is 10.0 Å². The minimum absolute atomic E-state index is 0.328. The quantitative estimate of drug-likeness (QED) is 0.877. The van der Waals surface area contributed by atoms with Crippen LogP contribution in [0.1, 0.15) is 39.0 Å². The Bertz CT molecular complexity index is 576. The lowest BCUT2D eigenvalue weighted by Gasteiger charge is -2.29. The molecule has 0 bridgehead atoms. The van der Waals surface area contributed by atoms with E-state index in [1.807, 2.05) is 12.1 Å². The minimum atomic E-state index is -3.41. The molecule has 1 fully saturated rings. The zero-order chi connectivity index (χ0) is 15.5. The summed E-state index contributed by atoms with van der Waals surface area (Å²) < 4.78 is 26.0. The summed E-state index contributed by atoms with van der Waals surface area (Å²) in [5.41, 5.74) is 1.04. The van der Waals surface area contributed by atoms with E-state index in [0.717, 1.165) is 13.0 Å². The maximum atomic E-state index is 12.4. The molecule has 4 nitrogen and oxygen atoms in total. The van der Waals surface area contributed by atoms with E-state index in [9.17, 15) is 8.42 Å². The maximum absolute atomic E-state index is 12.4. The molecule has 2 rings (SSSR count). The third kappa shape index (κ3) is 3.40. The van der Waals surface area contributed by atoms with E-state index < -0.39 is 10.0 Å². The molecule has 0 aromatic heterocycles. The molecule has 0 spiro atoms. The predicted molar refractivity (Wildman–Crippen MR) is 87.0 cm³/mol. The molecule has 0 amide bonds. The molecule has 0 heterocycles. The SMILES string of the molecule is CCC1(CNc2ccccc2S(=O)(=O)N(C)C)CCCC1. The molecule has 1 aromatic carbocycles. The summed E-state index contributed by atoms with van der Waals surface area (Å²) in [4.78, 5) is 0.360. The zero-order valence-electron chi connectivity index (χ0n) is 13.2. The van der Waals surface area contributed by atoms with Gasteiger partial charge in [-0.3, -0.25) is 0 Å². The van der Waals surface area contributed by atoms with Crippen molar-refractivity contribution < 1.29 is 8.42 Å². The molecule has 1 N–H and O–H groups in total. The van der Waals surface area contributed by atoms with E-state index in [1.165, 1.54) is 30.0 Å². The molecule has 118 valence electrons. The summed E-state index contributed by atoms with van der Waals surface area (Å²) in [7, 11) is -0.277. The second-order valence-corrected chi connectivity index (χ2v) is 8.32. The second-order valence-electron chi connectivity index (χ2n) is 6.20. The predicted octanol–water partition coefficient (Wildman–Crippen LogP) is 3.32. The van der Waals surface area contributed by atoms with Crippen molar-refractivity contribution in [3.05, 3.63) is 24.3 Å². The molecule has 1 saturated carbocycles. The highest BCUT2D eigenvalue weighted by molar-refractivity contribution is 7.89. The Kier molecular flexibility index (Phi) is 4.94. The van der Waals surface area contributed by atoms with Crippen LogP contribution in [0.5, 0.6) is 0 Å². The van der Waals surface area contributed by atoms with Gasteiger partial charge < -0.3 is 5.32 Å². The molecule has 0 unspecified atom stereocenters. The number of anilines is 1. The van der Waals surface area contributed by atoms with Gasteiger partial charge in [0, 0.05) is 20.6 Å². The fourth-order valence-electron chi connectivity index (χ4n) is 3.10. The van der Waals surface area contributed by atoms with Crippen LogP contribution in [-0.4, -0.2) is 33.4 Å². The molecular formula is C16H26N2O2S. The Labute approximate surface area is 128 Å². The van der Waals surface area contributed by atoms with Gasteiger partial charge in [0.15, 0.2) is 0 Å². The Morgan fingerprint density at radius 2 is 1.81 bits per heavy atom. The number of rotatable bonds is 6. The molecule has 0 atom stereocenters. The second kappa shape index (κ2) is 6.36. The molecule has 0 saturated heterocycles. The van der Waals surface area contributed by atoms with Crippen LogP contribution in [0.3, 0.4) is 0 Å². The van der Waals surface area contributed by atoms with Gasteiger partial charge >= 0.3 is 0 Å². The number of benzene rings is 1. The van der Waals surface area contributed by atoms with Crippen LogP contribution in [0.25, 0.3) is 0 Å². The van der Waals surface area contributed by atoms with Crippen molar-refractivity contribution in [2.45, 2.75) is 43.9 Å². The first-order valence-electron chi connectivity index (χ1n) is 7.67. The van der Waals surface area contributed by atoms with Crippen LogP contribution in [0.2, 0.25) is 0 Å². The lowest BCUT2D eigenvalue weighted by atomic mass is 9.83. The molecule has 0 radical (unpaired) electrons. The van der Waals surface area contributed by atoms with Crippen molar-refractivity contribution in [3.63, 3.8) is 0 Å². The van der Waals surface area contributed by atoms with Crippen molar-refractivity contribution >= 4 is 15.7 Å². The molecule has 1 aliphatic rings. The van der Waals surface area contributed by atoms with E-state index in [2.05, 4.69) is 12.2 Å². The third-order valence-electron chi connectivity index (χ3n) is 4.71. The summed E-state index contributed by atoms with van der Waals surface area (Å²) in [5, 5.41) is 3.40. The third-order valence-corrected chi connectivity index (χ3v) is 6.59. The van der Waals surface area contributed by atoms with Gasteiger partial charge in [-0.1, -0.05) is 31.9 Å². The number of hydrogen-bond donors (Lipinski definition) is 1. The van der Waals surface area contributed by atoms with Gasteiger partial charge in [0.1, 0.15) is 4.90 Å². The van der Waals surface area contributed by atoms with Crippen molar-refractivity contribution in [1.82, 2.24) is 4.31 Å². The average Bonchev–Trinajstić information content (AvgIpc) is 2.95.